The van der Waals surface area contributed by atoms with Gasteiger partial charge in [0.1, 0.15) is 0 Å². The van der Waals surface area contributed by atoms with Crippen LogP contribution in [0.4, 0.5) is 0 Å². The standard InChI is InChI=1S/C14H26N2O2.ClH/c17-14(12-6-8-15-9-7-12)16-10-11-18-13-4-2-1-3-5-13;/h12-13,15H,1-11H2,(H,16,17);1H. The fraction of sp³-hybridized carbons (Fsp3) is 0.929. The first-order chi connectivity index (χ1) is 8.86. The molecule has 0 aromatic heterocycles. The lowest BCUT2D eigenvalue weighted by molar-refractivity contribution is -0.126. The lowest BCUT2D eigenvalue weighted by Crippen LogP contribution is -2.39. The molecule has 19 heavy (non-hydrogen) atoms. The van der Waals surface area contributed by atoms with Crippen LogP contribution in [0.25, 0.3) is 0 Å². The van der Waals surface area contributed by atoms with E-state index in [1.54, 1.807) is 0 Å². The molecule has 2 N–H and O–H groups in total. The Balaban J connectivity index is 0.00000180. The maximum atomic E-state index is 11.9. The molecule has 2 rings (SSSR count). The summed E-state index contributed by atoms with van der Waals surface area (Å²) < 4.78 is 5.79. The van der Waals surface area contributed by atoms with Gasteiger partial charge in [0.05, 0.1) is 12.7 Å². The van der Waals surface area contributed by atoms with Gasteiger partial charge in [-0.1, -0.05) is 19.3 Å². The van der Waals surface area contributed by atoms with E-state index in [2.05, 4.69) is 10.6 Å². The number of carbonyl (C=O) groups excluding carboxylic acids is 1. The maximum Gasteiger partial charge on any atom is 0.223 e. The van der Waals surface area contributed by atoms with Gasteiger partial charge >= 0.3 is 0 Å². The lowest BCUT2D eigenvalue weighted by atomic mass is 9.97. The van der Waals surface area contributed by atoms with Crippen LogP contribution in [0, 0.1) is 5.92 Å². The van der Waals surface area contributed by atoms with Crippen LogP contribution >= 0.6 is 12.4 Å². The number of piperidine rings is 1. The minimum atomic E-state index is 0. The van der Waals surface area contributed by atoms with Crippen molar-refractivity contribution in [2.75, 3.05) is 26.2 Å². The minimum absolute atomic E-state index is 0. The van der Waals surface area contributed by atoms with E-state index < -0.39 is 0 Å². The number of carbonyl (C=O) groups is 1. The summed E-state index contributed by atoms with van der Waals surface area (Å²) in [5.74, 6) is 0.421. The van der Waals surface area contributed by atoms with E-state index in [-0.39, 0.29) is 24.2 Å². The van der Waals surface area contributed by atoms with Gasteiger partial charge in [-0.3, -0.25) is 4.79 Å². The largest absolute Gasteiger partial charge is 0.376 e. The van der Waals surface area contributed by atoms with Gasteiger partial charge in [0.15, 0.2) is 0 Å². The molecule has 0 unspecified atom stereocenters. The number of amides is 1. The highest BCUT2D eigenvalue weighted by Gasteiger charge is 2.20. The van der Waals surface area contributed by atoms with Crippen LogP contribution in [-0.2, 0) is 9.53 Å². The Morgan fingerprint density at radius 2 is 1.79 bits per heavy atom. The monoisotopic (exact) mass is 290 g/mol. The third kappa shape index (κ3) is 6.11. The minimum Gasteiger partial charge on any atom is -0.376 e. The van der Waals surface area contributed by atoms with Crippen molar-refractivity contribution in [3.63, 3.8) is 0 Å². The first-order valence-electron chi connectivity index (χ1n) is 7.46. The van der Waals surface area contributed by atoms with E-state index in [1.165, 1.54) is 32.1 Å². The molecular weight excluding hydrogens is 264 g/mol. The van der Waals surface area contributed by atoms with Gasteiger partial charge in [-0.25, -0.2) is 0 Å². The number of hydrogen-bond donors (Lipinski definition) is 2. The third-order valence-corrected chi connectivity index (χ3v) is 4.02. The molecule has 0 atom stereocenters. The van der Waals surface area contributed by atoms with Crippen molar-refractivity contribution in [1.29, 1.82) is 0 Å². The average Bonchev–Trinajstić information content (AvgIpc) is 2.45. The molecule has 1 saturated carbocycles. The highest BCUT2D eigenvalue weighted by atomic mass is 35.5. The van der Waals surface area contributed by atoms with Crippen molar-refractivity contribution in [3.8, 4) is 0 Å². The van der Waals surface area contributed by atoms with E-state index in [0.717, 1.165) is 25.9 Å². The van der Waals surface area contributed by atoms with Crippen molar-refractivity contribution in [3.05, 3.63) is 0 Å². The molecule has 1 heterocycles. The molecule has 1 saturated heterocycles. The van der Waals surface area contributed by atoms with Gasteiger partial charge in [0, 0.05) is 12.5 Å². The number of nitrogens with one attached hydrogen (secondary N) is 2. The quantitative estimate of drug-likeness (QED) is 0.760. The molecule has 4 nitrogen and oxygen atoms in total. The maximum absolute atomic E-state index is 11.9. The molecule has 0 aromatic carbocycles. The SMILES string of the molecule is Cl.O=C(NCCOC1CCCCC1)C1CCNCC1. The van der Waals surface area contributed by atoms with Crippen molar-refractivity contribution in [2.24, 2.45) is 5.92 Å². The fourth-order valence-corrected chi connectivity index (χ4v) is 2.86. The summed E-state index contributed by atoms with van der Waals surface area (Å²) in [6.45, 7) is 3.27. The summed E-state index contributed by atoms with van der Waals surface area (Å²) in [6, 6.07) is 0. The van der Waals surface area contributed by atoms with E-state index >= 15 is 0 Å². The molecule has 112 valence electrons. The van der Waals surface area contributed by atoms with Crippen molar-refractivity contribution in [1.82, 2.24) is 10.6 Å². The summed E-state index contributed by atoms with van der Waals surface area (Å²) in [5, 5.41) is 6.28. The van der Waals surface area contributed by atoms with Crippen LogP contribution in [0.5, 0.6) is 0 Å². The Hall–Kier alpha value is -0.320. The molecular formula is C14H27ClN2O2. The molecule has 1 amide bonds. The molecule has 1 aliphatic carbocycles. The van der Waals surface area contributed by atoms with Crippen LogP contribution in [0.2, 0.25) is 0 Å². The van der Waals surface area contributed by atoms with Crippen LogP contribution in [0.1, 0.15) is 44.9 Å². The molecule has 1 aliphatic heterocycles. The predicted octanol–water partition coefficient (Wildman–Crippen LogP) is 1.87. The van der Waals surface area contributed by atoms with E-state index in [0.29, 0.717) is 19.3 Å². The Morgan fingerprint density at radius 1 is 1.11 bits per heavy atom. The second-order valence-electron chi connectivity index (χ2n) is 5.45. The molecule has 0 radical (unpaired) electrons. The molecule has 0 bridgehead atoms. The Morgan fingerprint density at radius 3 is 2.47 bits per heavy atom. The molecule has 5 heteroatoms. The van der Waals surface area contributed by atoms with Crippen LogP contribution in [-0.4, -0.2) is 38.3 Å². The summed E-state index contributed by atoms with van der Waals surface area (Å²) in [7, 11) is 0. The summed E-state index contributed by atoms with van der Waals surface area (Å²) in [5.41, 5.74) is 0. The summed E-state index contributed by atoms with van der Waals surface area (Å²) >= 11 is 0. The van der Waals surface area contributed by atoms with Crippen LogP contribution < -0.4 is 10.6 Å². The van der Waals surface area contributed by atoms with Crippen molar-refractivity contribution < 1.29 is 9.53 Å². The fourth-order valence-electron chi connectivity index (χ4n) is 2.86. The molecule has 0 spiro atoms. The van der Waals surface area contributed by atoms with E-state index in [1.807, 2.05) is 0 Å². The molecule has 0 aromatic rings. The van der Waals surface area contributed by atoms with Gasteiger partial charge in [-0.2, -0.15) is 0 Å². The third-order valence-electron chi connectivity index (χ3n) is 4.02. The van der Waals surface area contributed by atoms with Gasteiger partial charge in [0.25, 0.3) is 0 Å². The summed E-state index contributed by atoms with van der Waals surface area (Å²) in [4.78, 5) is 11.9. The van der Waals surface area contributed by atoms with Crippen molar-refractivity contribution >= 4 is 18.3 Å². The van der Waals surface area contributed by atoms with Crippen LogP contribution in [0.3, 0.4) is 0 Å². The topological polar surface area (TPSA) is 50.4 Å². The average molecular weight is 291 g/mol. The smallest absolute Gasteiger partial charge is 0.223 e. The zero-order valence-electron chi connectivity index (χ0n) is 11.7. The first kappa shape index (κ1) is 16.7. The first-order valence-corrected chi connectivity index (χ1v) is 7.46. The predicted molar refractivity (Wildman–Crippen MR) is 78.7 cm³/mol. The number of halogens is 1. The van der Waals surface area contributed by atoms with Gasteiger partial charge < -0.3 is 15.4 Å². The Kier molecular flexibility index (Phi) is 8.42. The van der Waals surface area contributed by atoms with E-state index in [9.17, 15) is 4.79 Å². The number of rotatable bonds is 5. The molecule has 2 aliphatic rings. The van der Waals surface area contributed by atoms with Crippen LogP contribution in [0.15, 0.2) is 0 Å². The highest BCUT2D eigenvalue weighted by molar-refractivity contribution is 5.85. The number of ether oxygens (including phenoxy) is 1. The Bertz CT molecular complexity index is 252. The lowest BCUT2D eigenvalue weighted by Gasteiger charge is -2.23. The second-order valence-corrected chi connectivity index (χ2v) is 5.45. The zero-order valence-corrected chi connectivity index (χ0v) is 12.5. The Labute approximate surface area is 122 Å². The van der Waals surface area contributed by atoms with Gasteiger partial charge in [-0.05, 0) is 38.8 Å². The van der Waals surface area contributed by atoms with Gasteiger partial charge in [-0.15, -0.1) is 12.4 Å². The molecule has 2 fully saturated rings. The second kappa shape index (κ2) is 9.56. The van der Waals surface area contributed by atoms with Gasteiger partial charge in [0.2, 0.25) is 5.91 Å². The normalized spacial score (nSPS) is 21.7. The van der Waals surface area contributed by atoms with E-state index in [4.69, 9.17) is 4.74 Å². The zero-order chi connectivity index (χ0) is 12.6. The summed E-state index contributed by atoms with van der Waals surface area (Å²) in [6.07, 6.45) is 8.72. The highest BCUT2D eigenvalue weighted by Crippen LogP contribution is 2.19. The van der Waals surface area contributed by atoms with Crippen molar-refractivity contribution in [2.45, 2.75) is 51.0 Å². The number of hydrogen-bond acceptors (Lipinski definition) is 3.